The van der Waals surface area contributed by atoms with Crippen molar-refractivity contribution in [3.05, 3.63) is 107 Å². The molecule has 1 aromatic heterocycles. The summed E-state index contributed by atoms with van der Waals surface area (Å²) < 4.78 is 11.3. The summed E-state index contributed by atoms with van der Waals surface area (Å²) in [5, 5.41) is 7.91. The Labute approximate surface area is 256 Å². The molecule has 0 amide bonds. The summed E-state index contributed by atoms with van der Waals surface area (Å²) in [7, 11) is 1.61. The van der Waals surface area contributed by atoms with Gasteiger partial charge >= 0.3 is 0 Å². The van der Waals surface area contributed by atoms with Gasteiger partial charge in [0, 0.05) is 33.7 Å². The maximum atomic E-state index is 13.0. The van der Waals surface area contributed by atoms with E-state index in [0.717, 1.165) is 28.5 Å². The molecule has 0 radical (unpaired) electrons. The fourth-order valence-corrected chi connectivity index (χ4v) is 6.58. The van der Waals surface area contributed by atoms with Crippen LogP contribution in [0.3, 0.4) is 0 Å². The van der Waals surface area contributed by atoms with E-state index in [1.165, 1.54) is 15.4 Å². The highest BCUT2D eigenvalue weighted by molar-refractivity contribution is 7.99. The monoisotopic (exact) mass is 590 g/mol. The third kappa shape index (κ3) is 6.01. The highest BCUT2D eigenvalue weighted by Gasteiger charge is 2.32. The lowest BCUT2D eigenvalue weighted by atomic mass is 10.1. The highest BCUT2D eigenvalue weighted by atomic mass is 32.2. The van der Waals surface area contributed by atoms with E-state index < -0.39 is 0 Å². The first kappa shape index (κ1) is 28.6. The topological polar surface area (TPSA) is 85.4 Å². The van der Waals surface area contributed by atoms with Crippen LogP contribution in [-0.2, 0) is 13.0 Å². The van der Waals surface area contributed by atoms with Gasteiger partial charge in [-0.1, -0.05) is 67.2 Å². The van der Waals surface area contributed by atoms with Crippen LogP contribution < -0.4 is 20.1 Å². The third-order valence-electron chi connectivity index (χ3n) is 7.60. The van der Waals surface area contributed by atoms with Crippen LogP contribution in [0, 0.1) is 0 Å². The van der Waals surface area contributed by atoms with Gasteiger partial charge in [0.25, 0.3) is 0 Å². The lowest BCUT2D eigenvalue weighted by Gasteiger charge is -2.18. The first-order valence-electron chi connectivity index (χ1n) is 14.6. The van der Waals surface area contributed by atoms with Crippen LogP contribution >= 0.6 is 11.8 Å². The highest BCUT2D eigenvalue weighted by Crippen LogP contribution is 2.41. The number of anilines is 2. The number of ketones is 1. The molecular formula is C35H34N4O3S. The van der Waals surface area contributed by atoms with E-state index in [1.807, 2.05) is 37.3 Å². The Morgan fingerprint density at radius 2 is 1.60 bits per heavy atom. The fourth-order valence-electron chi connectivity index (χ4n) is 5.44. The zero-order valence-electron chi connectivity index (χ0n) is 24.5. The van der Waals surface area contributed by atoms with Gasteiger partial charge in [-0.3, -0.25) is 4.79 Å². The van der Waals surface area contributed by atoms with Crippen molar-refractivity contribution in [1.82, 2.24) is 9.97 Å². The largest absolute Gasteiger partial charge is 0.493 e. The molecule has 1 atom stereocenters. The molecule has 5 aromatic rings. The van der Waals surface area contributed by atoms with Gasteiger partial charge in [0.15, 0.2) is 17.3 Å². The van der Waals surface area contributed by atoms with Crippen molar-refractivity contribution in [3.8, 4) is 11.5 Å². The van der Waals surface area contributed by atoms with Crippen LogP contribution in [-0.4, -0.2) is 29.5 Å². The molecule has 0 saturated heterocycles. The first-order chi connectivity index (χ1) is 21.1. The second-order valence-corrected chi connectivity index (χ2v) is 11.4. The number of ether oxygens (including phenoxy) is 2. The van der Waals surface area contributed by atoms with Crippen molar-refractivity contribution in [2.24, 2.45) is 0 Å². The van der Waals surface area contributed by atoms with Crippen molar-refractivity contribution in [2.45, 2.75) is 49.1 Å². The smallest absolute Gasteiger partial charge is 0.225 e. The first-order valence-corrected chi connectivity index (χ1v) is 15.4. The van der Waals surface area contributed by atoms with E-state index in [-0.39, 0.29) is 11.8 Å². The summed E-state index contributed by atoms with van der Waals surface area (Å²) >= 11 is 1.78. The Morgan fingerprint density at radius 1 is 0.884 bits per heavy atom. The number of aromatic nitrogens is 2. The van der Waals surface area contributed by atoms with Crippen molar-refractivity contribution in [2.75, 3.05) is 24.4 Å². The van der Waals surface area contributed by atoms with Gasteiger partial charge in [-0.15, -0.1) is 0 Å². The van der Waals surface area contributed by atoms with Gasteiger partial charge in [-0.2, -0.15) is 4.98 Å². The Kier molecular flexibility index (Phi) is 8.47. The van der Waals surface area contributed by atoms with Crippen LogP contribution in [0.5, 0.6) is 11.5 Å². The minimum Gasteiger partial charge on any atom is -0.493 e. The molecule has 0 spiro atoms. The number of Topliss-reactive ketones (excluding diaryl/α,β-unsaturated/α-hetero) is 1. The van der Waals surface area contributed by atoms with Crippen LogP contribution in [0.2, 0.25) is 0 Å². The van der Waals surface area contributed by atoms with Gasteiger partial charge in [-0.05, 0) is 66.4 Å². The number of carbonyl (C=O) groups is 1. The van der Waals surface area contributed by atoms with Crippen LogP contribution in [0.1, 0.15) is 53.4 Å². The summed E-state index contributed by atoms with van der Waals surface area (Å²) in [6, 6.07) is 28.3. The quantitative estimate of drug-likeness (QED) is 0.160. The maximum Gasteiger partial charge on any atom is 0.225 e. The molecule has 7 nitrogen and oxygen atoms in total. The summed E-state index contributed by atoms with van der Waals surface area (Å²) in [5.74, 6) is 2.44. The number of para-hydroxylation sites is 1. The van der Waals surface area contributed by atoms with E-state index in [9.17, 15) is 4.79 Å². The Hall–Kier alpha value is -4.56. The van der Waals surface area contributed by atoms with Crippen molar-refractivity contribution in [3.63, 3.8) is 0 Å². The van der Waals surface area contributed by atoms with Gasteiger partial charge in [-0.25, -0.2) is 4.98 Å². The minimum atomic E-state index is -0.256. The SMILES string of the molecule is CCOc1cc2c(cc1OC)C(Nc1nc(NCc3ccccc3Sc3ccccc3CC)nc3ccccc13)CC2=O. The molecule has 218 valence electrons. The van der Waals surface area contributed by atoms with Gasteiger partial charge in [0.1, 0.15) is 5.82 Å². The molecule has 0 aliphatic heterocycles. The normalized spacial score (nSPS) is 14.0. The molecular weight excluding hydrogens is 556 g/mol. The molecule has 1 heterocycles. The second-order valence-electron chi connectivity index (χ2n) is 10.3. The lowest BCUT2D eigenvalue weighted by Crippen LogP contribution is -2.12. The molecule has 1 aliphatic rings. The number of methoxy groups -OCH3 is 1. The fraction of sp³-hybridized carbons (Fsp3) is 0.229. The number of nitrogens with one attached hydrogen (secondary N) is 2. The zero-order valence-corrected chi connectivity index (χ0v) is 25.3. The summed E-state index contributed by atoms with van der Waals surface area (Å²) in [4.78, 5) is 25.2. The average Bonchev–Trinajstić information content (AvgIpc) is 3.34. The predicted octanol–water partition coefficient (Wildman–Crippen LogP) is 8.10. The Balaban J connectivity index is 1.28. The van der Waals surface area contributed by atoms with Crippen molar-refractivity contribution < 1.29 is 14.3 Å². The number of fused-ring (bicyclic) bond motifs is 2. The Bertz CT molecular complexity index is 1790. The molecule has 4 aromatic carbocycles. The van der Waals surface area contributed by atoms with E-state index in [0.29, 0.717) is 48.4 Å². The molecule has 43 heavy (non-hydrogen) atoms. The molecule has 0 saturated carbocycles. The standard InChI is InChI=1S/C35H34N4O3S/c1-4-22-12-6-10-16-32(22)43-33-17-11-7-13-23(33)21-36-35-38-27-15-9-8-14-24(27)34(39-35)37-28-20-29(40)26-19-31(42-5-2)30(41-3)18-25(26)28/h6-19,28H,4-5,20-21H2,1-3H3,(H2,36,37,38,39). The second kappa shape index (κ2) is 12.8. The summed E-state index contributed by atoms with van der Waals surface area (Å²) in [6.07, 6.45) is 1.31. The zero-order chi connectivity index (χ0) is 29.8. The van der Waals surface area contributed by atoms with Gasteiger partial charge in [0.2, 0.25) is 5.95 Å². The molecule has 0 fully saturated rings. The molecule has 2 N–H and O–H groups in total. The minimum absolute atomic E-state index is 0.0616. The van der Waals surface area contributed by atoms with E-state index in [2.05, 4.69) is 66.1 Å². The summed E-state index contributed by atoms with van der Waals surface area (Å²) in [6.45, 7) is 5.15. The van der Waals surface area contributed by atoms with Crippen molar-refractivity contribution in [1.29, 1.82) is 0 Å². The number of aryl methyl sites for hydroxylation is 1. The van der Waals surface area contributed by atoms with E-state index in [1.54, 1.807) is 24.9 Å². The molecule has 1 aliphatic carbocycles. The number of carbonyl (C=O) groups excluding carboxylic acids is 1. The number of hydrogen-bond acceptors (Lipinski definition) is 8. The van der Waals surface area contributed by atoms with E-state index in [4.69, 9.17) is 19.4 Å². The van der Waals surface area contributed by atoms with E-state index >= 15 is 0 Å². The predicted molar refractivity (Wildman–Crippen MR) is 173 cm³/mol. The van der Waals surface area contributed by atoms with Crippen LogP contribution in [0.25, 0.3) is 10.9 Å². The molecule has 0 bridgehead atoms. The lowest BCUT2D eigenvalue weighted by molar-refractivity contribution is 0.0990. The summed E-state index contributed by atoms with van der Waals surface area (Å²) in [5.41, 5.74) is 4.84. The Morgan fingerprint density at radius 3 is 2.37 bits per heavy atom. The molecule has 6 rings (SSSR count). The number of nitrogens with zero attached hydrogens (tertiary/aromatic N) is 2. The molecule has 8 heteroatoms. The number of benzene rings is 4. The number of hydrogen-bond donors (Lipinski definition) is 2. The van der Waals surface area contributed by atoms with Crippen molar-refractivity contribution >= 4 is 40.2 Å². The molecule has 1 unspecified atom stereocenters. The average molecular weight is 591 g/mol. The van der Waals surface area contributed by atoms with Crippen LogP contribution in [0.15, 0.2) is 94.7 Å². The third-order valence-corrected chi connectivity index (χ3v) is 8.83. The maximum absolute atomic E-state index is 13.0. The number of rotatable bonds is 11. The van der Waals surface area contributed by atoms with Gasteiger partial charge < -0.3 is 20.1 Å². The van der Waals surface area contributed by atoms with Gasteiger partial charge in [0.05, 0.1) is 25.3 Å². The van der Waals surface area contributed by atoms with Crippen LogP contribution in [0.4, 0.5) is 11.8 Å².